The topological polar surface area (TPSA) is 69.2 Å². The van der Waals surface area contributed by atoms with Crippen LogP contribution in [-0.2, 0) is 0 Å². The molecule has 0 radical (unpaired) electrons. The van der Waals surface area contributed by atoms with Gasteiger partial charge in [-0.15, -0.1) is 0 Å². The Morgan fingerprint density at radius 2 is 1.75 bits per heavy atom. The van der Waals surface area contributed by atoms with Crippen LogP contribution in [0.2, 0.25) is 0 Å². The van der Waals surface area contributed by atoms with Gasteiger partial charge in [0.05, 0.1) is 4.92 Å². The fourth-order valence-electron chi connectivity index (χ4n) is 2.19. The van der Waals surface area contributed by atoms with Crippen LogP contribution >= 0.6 is 0 Å². The summed E-state index contributed by atoms with van der Waals surface area (Å²) in [7, 11) is 0. The number of allylic oxidation sites excluding steroid dienone is 1. The van der Waals surface area contributed by atoms with E-state index >= 15 is 0 Å². The molecule has 0 spiro atoms. The van der Waals surface area contributed by atoms with Crippen LogP contribution in [0.3, 0.4) is 0 Å². The molecule has 0 saturated heterocycles. The second kappa shape index (κ2) is 5.57. The van der Waals surface area contributed by atoms with Crippen LogP contribution in [0, 0.1) is 10.1 Å². The van der Waals surface area contributed by atoms with Crippen LogP contribution in [-0.4, -0.2) is 4.92 Å². The zero-order valence-corrected chi connectivity index (χ0v) is 11.5. The molecule has 0 heterocycles. The van der Waals surface area contributed by atoms with E-state index in [0.29, 0.717) is 11.3 Å². The normalized spacial score (nSPS) is 10.1. The molecule has 0 aromatic heterocycles. The van der Waals surface area contributed by atoms with Crippen molar-refractivity contribution in [2.75, 3.05) is 5.73 Å². The SMILES string of the molecule is CC(C)=C(c1ccccc1)c1cc([N+](=O)[O-])ccc1N. The van der Waals surface area contributed by atoms with Crippen molar-refractivity contribution in [1.82, 2.24) is 0 Å². The molecule has 102 valence electrons. The minimum Gasteiger partial charge on any atom is -0.398 e. The first-order valence-electron chi connectivity index (χ1n) is 6.28. The standard InChI is InChI=1S/C16H16N2O2/c1-11(2)16(12-6-4-3-5-7-12)14-10-13(18(19)20)8-9-15(14)17/h3-10H,17H2,1-2H3. The number of nitrogen functional groups attached to an aromatic ring is 1. The van der Waals surface area contributed by atoms with E-state index in [4.69, 9.17) is 5.73 Å². The predicted octanol–water partition coefficient (Wildman–Crippen LogP) is 4.02. The third-order valence-corrected chi connectivity index (χ3v) is 3.08. The Morgan fingerprint density at radius 1 is 1.10 bits per heavy atom. The Bertz CT molecular complexity index is 672. The van der Waals surface area contributed by atoms with E-state index in [0.717, 1.165) is 16.7 Å². The van der Waals surface area contributed by atoms with Gasteiger partial charge in [-0.05, 0) is 31.1 Å². The van der Waals surface area contributed by atoms with Crippen molar-refractivity contribution in [1.29, 1.82) is 0 Å². The maximum atomic E-state index is 10.9. The van der Waals surface area contributed by atoms with E-state index < -0.39 is 4.92 Å². The first kappa shape index (κ1) is 13.8. The van der Waals surface area contributed by atoms with Crippen molar-refractivity contribution in [3.05, 3.63) is 75.3 Å². The zero-order chi connectivity index (χ0) is 14.7. The van der Waals surface area contributed by atoms with Crippen LogP contribution in [0.5, 0.6) is 0 Å². The Labute approximate surface area is 117 Å². The highest BCUT2D eigenvalue weighted by Gasteiger charge is 2.14. The lowest BCUT2D eigenvalue weighted by Gasteiger charge is -2.13. The maximum absolute atomic E-state index is 10.9. The molecule has 4 nitrogen and oxygen atoms in total. The second-order valence-electron chi connectivity index (χ2n) is 4.77. The molecule has 0 fully saturated rings. The molecule has 2 N–H and O–H groups in total. The lowest BCUT2D eigenvalue weighted by molar-refractivity contribution is -0.384. The first-order valence-corrected chi connectivity index (χ1v) is 6.28. The summed E-state index contributed by atoms with van der Waals surface area (Å²) in [6, 6.07) is 14.3. The predicted molar refractivity (Wildman–Crippen MR) is 81.3 cm³/mol. The van der Waals surface area contributed by atoms with Gasteiger partial charge in [-0.3, -0.25) is 10.1 Å². The fourth-order valence-corrected chi connectivity index (χ4v) is 2.19. The molecule has 2 rings (SSSR count). The number of non-ortho nitro benzene ring substituents is 1. The van der Waals surface area contributed by atoms with Gasteiger partial charge >= 0.3 is 0 Å². The van der Waals surface area contributed by atoms with Gasteiger partial charge < -0.3 is 5.73 Å². The summed E-state index contributed by atoms with van der Waals surface area (Å²) in [6.45, 7) is 3.95. The number of rotatable bonds is 3. The van der Waals surface area contributed by atoms with E-state index in [2.05, 4.69) is 0 Å². The molecule has 0 atom stereocenters. The van der Waals surface area contributed by atoms with Crippen molar-refractivity contribution in [2.24, 2.45) is 0 Å². The summed E-state index contributed by atoms with van der Waals surface area (Å²) in [6.07, 6.45) is 0. The van der Waals surface area contributed by atoms with E-state index in [1.165, 1.54) is 12.1 Å². The van der Waals surface area contributed by atoms with E-state index in [1.807, 2.05) is 44.2 Å². The summed E-state index contributed by atoms with van der Waals surface area (Å²) >= 11 is 0. The van der Waals surface area contributed by atoms with Gasteiger partial charge in [-0.2, -0.15) is 0 Å². The third-order valence-electron chi connectivity index (χ3n) is 3.08. The average molecular weight is 268 g/mol. The van der Waals surface area contributed by atoms with Crippen molar-refractivity contribution < 1.29 is 4.92 Å². The molecular formula is C16H16N2O2. The maximum Gasteiger partial charge on any atom is 0.270 e. The molecule has 0 aliphatic carbocycles. The summed E-state index contributed by atoms with van der Waals surface area (Å²) < 4.78 is 0. The molecule has 4 heteroatoms. The van der Waals surface area contributed by atoms with Gasteiger partial charge in [0.15, 0.2) is 0 Å². The first-order chi connectivity index (χ1) is 9.50. The third kappa shape index (κ3) is 2.69. The van der Waals surface area contributed by atoms with E-state index in [9.17, 15) is 10.1 Å². The van der Waals surface area contributed by atoms with Crippen molar-refractivity contribution in [3.63, 3.8) is 0 Å². The van der Waals surface area contributed by atoms with Crippen LogP contribution in [0.15, 0.2) is 54.1 Å². The van der Waals surface area contributed by atoms with E-state index in [-0.39, 0.29) is 5.69 Å². The molecule has 0 aliphatic heterocycles. The molecule has 20 heavy (non-hydrogen) atoms. The summed E-state index contributed by atoms with van der Waals surface area (Å²) in [4.78, 5) is 10.5. The number of hydrogen-bond donors (Lipinski definition) is 1. The van der Waals surface area contributed by atoms with Gasteiger partial charge in [-0.25, -0.2) is 0 Å². The summed E-state index contributed by atoms with van der Waals surface area (Å²) in [5, 5.41) is 10.9. The number of benzene rings is 2. The number of nitro benzene ring substituents is 1. The average Bonchev–Trinajstić information content (AvgIpc) is 2.41. The van der Waals surface area contributed by atoms with E-state index in [1.54, 1.807) is 6.07 Å². The van der Waals surface area contributed by atoms with Crippen LogP contribution < -0.4 is 5.73 Å². The molecule has 0 amide bonds. The number of hydrogen-bond acceptors (Lipinski definition) is 3. The highest BCUT2D eigenvalue weighted by Crippen LogP contribution is 2.33. The van der Waals surface area contributed by atoms with Crippen LogP contribution in [0.1, 0.15) is 25.0 Å². The second-order valence-corrected chi connectivity index (χ2v) is 4.77. The van der Waals surface area contributed by atoms with Gasteiger partial charge in [-0.1, -0.05) is 35.9 Å². The molecule has 0 saturated carbocycles. The number of nitrogens with zero attached hydrogens (tertiary/aromatic N) is 1. The Balaban J connectivity index is 2.66. The van der Waals surface area contributed by atoms with Gasteiger partial charge in [0.1, 0.15) is 0 Å². The zero-order valence-electron chi connectivity index (χ0n) is 11.5. The van der Waals surface area contributed by atoms with Crippen molar-refractivity contribution in [3.8, 4) is 0 Å². The summed E-state index contributed by atoms with van der Waals surface area (Å²) in [5.41, 5.74) is 10.3. The lowest BCUT2D eigenvalue weighted by Crippen LogP contribution is -1.99. The fraction of sp³-hybridized carbons (Fsp3) is 0.125. The van der Waals surface area contributed by atoms with Crippen LogP contribution in [0.4, 0.5) is 11.4 Å². The van der Waals surface area contributed by atoms with Gasteiger partial charge in [0.25, 0.3) is 5.69 Å². The molecule has 0 bridgehead atoms. The quantitative estimate of drug-likeness (QED) is 0.519. The van der Waals surface area contributed by atoms with Crippen LogP contribution in [0.25, 0.3) is 5.57 Å². The Morgan fingerprint density at radius 3 is 2.30 bits per heavy atom. The number of anilines is 1. The lowest BCUT2D eigenvalue weighted by atomic mass is 9.93. The molecule has 2 aromatic rings. The molecule has 0 aliphatic rings. The highest BCUT2D eigenvalue weighted by atomic mass is 16.6. The Kier molecular flexibility index (Phi) is 3.84. The molecule has 0 unspecified atom stereocenters. The molecule has 2 aromatic carbocycles. The van der Waals surface area contributed by atoms with Gasteiger partial charge in [0.2, 0.25) is 0 Å². The minimum absolute atomic E-state index is 0.0453. The number of nitrogens with two attached hydrogens (primary N) is 1. The van der Waals surface area contributed by atoms with Gasteiger partial charge in [0, 0.05) is 23.4 Å². The Hall–Kier alpha value is -2.62. The van der Waals surface area contributed by atoms with Crippen molar-refractivity contribution >= 4 is 16.9 Å². The minimum atomic E-state index is -0.406. The molecular weight excluding hydrogens is 252 g/mol. The van der Waals surface area contributed by atoms with Crippen molar-refractivity contribution in [2.45, 2.75) is 13.8 Å². The number of nitro groups is 1. The summed E-state index contributed by atoms with van der Waals surface area (Å²) in [5.74, 6) is 0. The monoisotopic (exact) mass is 268 g/mol. The largest absolute Gasteiger partial charge is 0.398 e. The smallest absolute Gasteiger partial charge is 0.270 e. The highest BCUT2D eigenvalue weighted by molar-refractivity contribution is 5.87.